The van der Waals surface area contributed by atoms with Gasteiger partial charge in [-0.1, -0.05) is 11.7 Å². The average molecular weight is 251 g/mol. The molecule has 1 aliphatic rings. The highest BCUT2D eigenvalue weighted by Gasteiger charge is 2.23. The molecule has 0 bridgehead atoms. The Morgan fingerprint density at radius 3 is 3.22 bits per heavy atom. The lowest BCUT2D eigenvalue weighted by Crippen LogP contribution is -2.37. The Hall–Kier alpha value is -1.52. The zero-order chi connectivity index (χ0) is 13.4. The second-order valence-corrected chi connectivity index (χ2v) is 4.65. The number of carbonyl (C=O) groups excluding carboxylic acids is 1. The highest BCUT2D eigenvalue weighted by molar-refractivity contribution is 5.87. The summed E-state index contributed by atoms with van der Waals surface area (Å²) in [5, 5.41) is 6.49. The number of azide groups is 1. The van der Waals surface area contributed by atoms with Crippen LogP contribution in [0.4, 0.5) is 0 Å². The summed E-state index contributed by atoms with van der Waals surface area (Å²) < 4.78 is 0. The molecule has 1 saturated heterocycles. The Morgan fingerprint density at radius 2 is 2.56 bits per heavy atom. The van der Waals surface area contributed by atoms with Crippen LogP contribution in [-0.4, -0.2) is 42.5 Å². The summed E-state index contributed by atoms with van der Waals surface area (Å²) in [6.07, 6.45) is 4.43. The first kappa shape index (κ1) is 14.5. The monoisotopic (exact) mass is 251 g/mol. The van der Waals surface area contributed by atoms with Gasteiger partial charge in [-0.3, -0.25) is 4.79 Å². The van der Waals surface area contributed by atoms with Gasteiger partial charge >= 0.3 is 0 Å². The van der Waals surface area contributed by atoms with Gasteiger partial charge in [-0.15, -0.1) is 0 Å². The van der Waals surface area contributed by atoms with Gasteiger partial charge in [-0.25, -0.2) is 0 Å². The van der Waals surface area contributed by atoms with Crippen LogP contribution < -0.4 is 5.32 Å². The van der Waals surface area contributed by atoms with E-state index in [-0.39, 0.29) is 11.9 Å². The standard InChI is InChI=1S/C12H21N5O/c1-3-12(18)15-10(2)6-8-17-7-4-5-11(17)9-14-16-13/h3,10-11H,1,4-9H2,2H3,(H,15,18). The van der Waals surface area contributed by atoms with Gasteiger partial charge in [-0.05, 0) is 44.3 Å². The topological polar surface area (TPSA) is 81.1 Å². The number of rotatable bonds is 7. The van der Waals surface area contributed by atoms with E-state index in [1.54, 1.807) is 0 Å². The summed E-state index contributed by atoms with van der Waals surface area (Å²) in [5.41, 5.74) is 8.34. The summed E-state index contributed by atoms with van der Waals surface area (Å²) in [5.74, 6) is -0.130. The Balaban J connectivity index is 2.30. The third kappa shape index (κ3) is 4.77. The van der Waals surface area contributed by atoms with E-state index in [0.717, 1.165) is 32.4 Å². The molecule has 0 saturated carbocycles. The van der Waals surface area contributed by atoms with Crippen LogP contribution in [-0.2, 0) is 4.79 Å². The summed E-state index contributed by atoms with van der Waals surface area (Å²) in [6.45, 7) is 7.93. The summed E-state index contributed by atoms with van der Waals surface area (Å²) in [6, 6.07) is 0.499. The minimum Gasteiger partial charge on any atom is -0.350 e. The Morgan fingerprint density at radius 1 is 1.78 bits per heavy atom. The number of likely N-dealkylation sites (tertiary alicyclic amines) is 1. The van der Waals surface area contributed by atoms with Crippen molar-refractivity contribution in [2.75, 3.05) is 19.6 Å². The molecular formula is C12H21N5O. The van der Waals surface area contributed by atoms with Crippen LogP contribution in [0.25, 0.3) is 10.4 Å². The molecule has 0 radical (unpaired) electrons. The molecule has 0 aromatic carbocycles. The third-order valence-corrected chi connectivity index (χ3v) is 3.28. The van der Waals surface area contributed by atoms with Crippen molar-refractivity contribution in [2.45, 2.75) is 38.3 Å². The molecule has 2 atom stereocenters. The van der Waals surface area contributed by atoms with E-state index in [0.29, 0.717) is 12.6 Å². The van der Waals surface area contributed by atoms with Gasteiger partial charge in [0, 0.05) is 30.1 Å². The van der Waals surface area contributed by atoms with Crippen molar-refractivity contribution in [3.05, 3.63) is 23.1 Å². The maximum Gasteiger partial charge on any atom is 0.243 e. The summed E-state index contributed by atoms with van der Waals surface area (Å²) >= 11 is 0. The number of hydrogen-bond acceptors (Lipinski definition) is 3. The van der Waals surface area contributed by atoms with E-state index < -0.39 is 0 Å². The second-order valence-electron chi connectivity index (χ2n) is 4.65. The fraction of sp³-hybridized carbons (Fsp3) is 0.750. The molecule has 1 aliphatic heterocycles. The first-order valence-electron chi connectivity index (χ1n) is 6.35. The lowest BCUT2D eigenvalue weighted by molar-refractivity contribution is -0.117. The molecule has 0 spiro atoms. The normalized spacial score (nSPS) is 21.1. The van der Waals surface area contributed by atoms with Gasteiger partial charge < -0.3 is 10.2 Å². The van der Waals surface area contributed by atoms with Gasteiger partial charge in [0.25, 0.3) is 0 Å². The lowest BCUT2D eigenvalue weighted by Gasteiger charge is -2.24. The number of carbonyl (C=O) groups is 1. The number of hydrogen-bond donors (Lipinski definition) is 1. The van der Waals surface area contributed by atoms with E-state index >= 15 is 0 Å². The minimum absolute atomic E-state index is 0.130. The zero-order valence-electron chi connectivity index (χ0n) is 10.9. The van der Waals surface area contributed by atoms with E-state index in [1.165, 1.54) is 6.08 Å². The number of nitrogens with zero attached hydrogens (tertiary/aromatic N) is 4. The molecule has 1 heterocycles. The highest BCUT2D eigenvalue weighted by atomic mass is 16.1. The van der Waals surface area contributed by atoms with Gasteiger partial charge in [-0.2, -0.15) is 0 Å². The Bertz CT molecular complexity index is 337. The highest BCUT2D eigenvalue weighted by Crippen LogP contribution is 2.18. The number of amides is 1. The molecule has 100 valence electrons. The molecule has 1 rings (SSSR count). The van der Waals surface area contributed by atoms with Crippen molar-refractivity contribution in [2.24, 2.45) is 5.11 Å². The molecule has 1 amide bonds. The average Bonchev–Trinajstić information content (AvgIpc) is 2.81. The lowest BCUT2D eigenvalue weighted by atomic mass is 10.2. The predicted octanol–water partition coefficient (Wildman–Crippen LogP) is 1.84. The predicted molar refractivity (Wildman–Crippen MR) is 71.0 cm³/mol. The van der Waals surface area contributed by atoms with E-state index in [2.05, 4.69) is 26.8 Å². The fourth-order valence-electron chi connectivity index (χ4n) is 2.26. The van der Waals surface area contributed by atoms with Crippen LogP contribution in [0.5, 0.6) is 0 Å². The van der Waals surface area contributed by atoms with Crippen LogP contribution in [0.2, 0.25) is 0 Å². The SMILES string of the molecule is C=CC(=O)NC(C)CCN1CCCC1CN=[N+]=[N-]. The zero-order valence-corrected chi connectivity index (χ0v) is 10.9. The molecule has 1 fully saturated rings. The summed E-state index contributed by atoms with van der Waals surface area (Å²) in [4.78, 5) is 16.3. The van der Waals surface area contributed by atoms with Crippen molar-refractivity contribution >= 4 is 5.91 Å². The largest absolute Gasteiger partial charge is 0.350 e. The maximum absolute atomic E-state index is 11.1. The third-order valence-electron chi connectivity index (χ3n) is 3.28. The van der Waals surface area contributed by atoms with Crippen molar-refractivity contribution in [1.82, 2.24) is 10.2 Å². The minimum atomic E-state index is -0.130. The Labute approximate surface area is 108 Å². The van der Waals surface area contributed by atoms with Crippen LogP contribution in [0.3, 0.4) is 0 Å². The number of nitrogens with one attached hydrogen (secondary N) is 1. The molecule has 6 heteroatoms. The molecular weight excluding hydrogens is 230 g/mol. The first-order valence-corrected chi connectivity index (χ1v) is 6.35. The van der Waals surface area contributed by atoms with Crippen LogP contribution in [0.15, 0.2) is 17.8 Å². The van der Waals surface area contributed by atoms with E-state index in [1.807, 2.05) is 6.92 Å². The maximum atomic E-state index is 11.1. The fourth-order valence-corrected chi connectivity index (χ4v) is 2.26. The van der Waals surface area contributed by atoms with E-state index in [9.17, 15) is 4.79 Å². The van der Waals surface area contributed by atoms with Gasteiger partial charge in [0.15, 0.2) is 0 Å². The molecule has 18 heavy (non-hydrogen) atoms. The van der Waals surface area contributed by atoms with Gasteiger partial charge in [0.05, 0.1) is 0 Å². The first-order chi connectivity index (χ1) is 8.67. The molecule has 1 N–H and O–H groups in total. The van der Waals surface area contributed by atoms with Gasteiger partial charge in [0.1, 0.15) is 0 Å². The summed E-state index contributed by atoms with van der Waals surface area (Å²) in [7, 11) is 0. The second kappa shape index (κ2) is 7.74. The van der Waals surface area contributed by atoms with Crippen LogP contribution >= 0.6 is 0 Å². The van der Waals surface area contributed by atoms with Gasteiger partial charge in [0.2, 0.25) is 5.91 Å². The van der Waals surface area contributed by atoms with Crippen molar-refractivity contribution in [1.29, 1.82) is 0 Å². The molecule has 2 unspecified atom stereocenters. The van der Waals surface area contributed by atoms with E-state index in [4.69, 9.17) is 5.53 Å². The quantitative estimate of drug-likeness (QED) is 0.324. The van der Waals surface area contributed by atoms with Crippen molar-refractivity contribution in [3.8, 4) is 0 Å². The van der Waals surface area contributed by atoms with Crippen molar-refractivity contribution < 1.29 is 4.79 Å². The Kier molecular flexibility index (Phi) is 6.25. The molecule has 0 aromatic heterocycles. The molecule has 0 aromatic rings. The molecule has 0 aliphatic carbocycles. The smallest absolute Gasteiger partial charge is 0.243 e. The van der Waals surface area contributed by atoms with Crippen LogP contribution in [0.1, 0.15) is 26.2 Å². The van der Waals surface area contributed by atoms with Crippen molar-refractivity contribution in [3.63, 3.8) is 0 Å². The van der Waals surface area contributed by atoms with Crippen LogP contribution in [0, 0.1) is 0 Å². The molecule has 6 nitrogen and oxygen atoms in total.